The first-order chi connectivity index (χ1) is 23.9. The molecule has 1 saturated carbocycles. The standard InChI is InChI=1S/C18H24O2.C16H22OS.C11H17NO2/c1-13-5-7-14(8-6-13)11-15(19)18(9-10-18)16(20)12-17(2,3)4;1-12-5-7-13(8-6-12)9-14(17)10-15(18)11-16(2,3)4;1-8-5-9(12-14-8)6-10(13)7-11(2,3)4/h5-8H,9-12H2,1-4H3;5-8H,9-11H2,1-4H3;5H,6-7H2,1-4H3. The number of nitrogens with zero attached hydrogens (tertiary/aromatic N) is 1. The molecule has 0 N–H and O–H groups in total. The van der Waals surface area contributed by atoms with Crippen molar-refractivity contribution in [2.45, 2.75) is 141 Å². The zero-order valence-corrected chi connectivity index (χ0v) is 34.8. The Kier molecular flexibility index (Phi) is 16.3. The van der Waals surface area contributed by atoms with Crippen LogP contribution in [0.15, 0.2) is 59.1 Å². The van der Waals surface area contributed by atoms with Gasteiger partial charge in [0, 0.05) is 43.0 Å². The van der Waals surface area contributed by atoms with Gasteiger partial charge in [0.1, 0.15) is 23.1 Å². The predicted octanol–water partition coefficient (Wildman–Crippen LogP) is 10.7. The van der Waals surface area contributed by atoms with Crippen LogP contribution >= 0.6 is 12.2 Å². The molecule has 1 aliphatic rings. The number of benzene rings is 2. The first-order valence-electron chi connectivity index (χ1n) is 18.5. The lowest BCUT2D eigenvalue weighted by atomic mass is 9.81. The summed E-state index contributed by atoms with van der Waals surface area (Å²) in [5.74, 6) is 1.43. The van der Waals surface area contributed by atoms with E-state index in [4.69, 9.17) is 16.7 Å². The lowest BCUT2D eigenvalue weighted by Gasteiger charge is -2.21. The quantitative estimate of drug-likeness (QED) is 0.128. The molecule has 7 heteroatoms. The molecule has 6 nitrogen and oxygen atoms in total. The molecule has 3 aromatic rings. The number of ketones is 4. The van der Waals surface area contributed by atoms with Gasteiger partial charge in [0.2, 0.25) is 0 Å². The van der Waals surface area contributed by atoms with Crippen molar-refractivity contribution in [2.24, 2.45) is 21.7 Å². The Morgan fingerprint density at radius 2 is 1.10 bits per heavy atom. The van der Waals surface area contributed by atoms with Crippen LogP contribution in [0.4, 0.5) is 0 Å². The highest BCUT2D eigenvalue weighted by Gasteiger charge is 2.55. The predicted molar refractivity (Wildman–Crippen MR) is 216 cm³/mol. The normalized spacial score (nSPS) is 13.5. The largest absolute Gasteiger partial charge is 0.361 e. The molecule has 4 rings (SSSR count). The number of thiocarbonyl (C=S) groups is 1. The molecule has 1 aromatic heterocycles. The number of aromatic nitrogens is 1. The van der Waals surface area contributed by atoms with E-state index in [1.165, 1.54) is 11.1 Å². The van der Waals surface area contributed by atoms with Gasteiger partial charge in [-0.3, -0.25) is 19.2 Å². The molecule has 1 heterocycles. The number of carbonyl (C=O) groups excluding carboxylic acids is 4. The van der Waals surface area contributed by atoms with Gasteiger partial charge in [-0.25, -0.2) is 0 Å². The molecule has 0 saturated heterocycles. The number of Topliss-reactive ketones (excluding diaryl/α,β-unsaturated/α-hetero) is 4. The molecule has 0 aliphatic heterocycles. The third kappa shape index (κ3) is 17.8. The van der Waals surface area contributed by atoms with Crippen LogP contribution in [0.5, 0.6) is 0 Å². The fraction of sp³-hybridized carbons (Fsp3) is 0.556. The molecule has 0 atom stereocenters. The molecule has 1 fully saturated rings. The van der Waals surface area contributed by atoms with E-state index in [1.54, 1.807) is 6.07 Å². The Labute approximate surface area is 318 Å². The summed E-state index contributed by atoms with van der Waals surface area (Å²) in [5, 5.41) is 3.79. The third-order valence-corrected chi connectivity index (χ3v) is 8.71. The van der Waals surface area contributed by atoms with Crippen molar-refractivity contribution in [1.29, 1.82) is 0 Å². The molecular formula is C45H63NO5S. The Balaban J connectivity index is 0.000000275. The maximum absolute atomic E-state index is 12.5. The van der Waals surface area contributed by atoms with Gasteiger partial charge >= 0.3 is 0 Å². The van der Waals surface area contributed by atoms with Gasteiger partial charge in [-0.15, -0.1) is 0 Å². The Morgan fingerprint density at radius 3 is 1.50 bits per heavy atom. The van der Waals surface area contributed by atoms with E-state index in [0.29, 0.717) is 38.5 Å². The van der Waals surface area contributed by atoms with Crippen LogP contribution < -0.4 is 0 Å². The summed E-state index contributed by atoms with van der Waals surface area (Å²) >= 11 is 5.29. The number of hydrogen-bond acceptors (Lipinski definition) is 7. The molecule has 0 bridgehead atoms. The summed E-state index contributed by atoms with van der Waals surface area (Å²) in [5.41, 5.74) is 4.74. The second-order valence-electron chi connectivity index (χ2n) is 18.4. The summed E-state index contributed by atoms with van der Waals surface area (Å²) in [4.78, 5) is 49.2. The molecule has 284 valence electrons. The zero-order valence-electron chi connectivity index (χ0n) is 34.0. The highest BCUT2D eigenvalue weighted by atomic mass is 32.1. The van der Waals surface area contributed by atoms with Gasteiger partial charge in [-0.1, -0.05) is 139 Å². The minimum absolute atomic E-state index is 0.0448. The minimum Gasteiger partial charge on any atom is -0.361 e. The van der Waals surface area contributed by atoms with Crippen LogP contribution in [0.3, 0.4) is 0 Å². The van der Waals surface area contributed by atoms with E-state index in [-0.39, 0.29) is 39.4 Å². The molecular weight excluding hydrogens is 667 g/mol. The lowest BCUT2D eigenvalue weighted by molar-refractivity contribution is -0.135. The maximum atomic E-state index is 12.5. The number of carbonyl (C=O) groups is 4. The summed E-state index contributed by atoms with van der Waals surface area (Å²) in [6, 6.07) is 17.9. The minimum atomic E-state index is -0.655. The smallest absolute Gasteiger partial charge is 0.150 e. The first kappa shape index (κ1) is 44.6. The van der Waals surface area contributed by atoms with Gasteiger partial charge < -0.3 is 4.52 Å². The summed E-state index contributed by atoms with van der Waals surface area (Å²) in [7, 11) is 0. The van der Waals surface area contributed by atoms with E-state index in [1.807, 2.05) is 90.1 Å². The van der Waals surface area contributed by atoms with Crippen molar-refractivity contribution >= 4 is 40.2 Å². The van der Waals surface area contributed by atoms with Crippen LogP contribution in [-0.2, 0) is 38.4 Å². The molecule has 2 aromatic carbocycles. The van der Waals surface area contributed by atoms with Gasteiger partial charge in [-0.05, 0) is 67.4 Å². The maximum Gasteiger partial charge on any atom is 0.150 e. The third-order valence-electron chi connectivity index (χ3n) is 8.42. The number of aryl methyl sites for hydroxylation is 3. The Morgan fingerprint density at radius 1 is 0.635 bits per heavy atom. The van der Waals surface area contributed by atoms with Crippen molar-refractivity contribution in [2.75, 3.05) is 0 Å². The average molecular weight is 730 g/mol. The van der Waals surface area contributed by atoms with E-state index in [9.17, 15) is 19.2 Å². The summed E-state index contributed by atoms with van der Waals surface area (Å²) < 4.78 is 4.89. The molecule has 0 unspecified atom stereocenters. The molecule has 1 aliphatic carbocycles. The van der Waals surface area contributed by atoms with Crippen LogP contribution in [0.2, 0.25) is 0 Å². The van der Waals surface area contributed by atoms with E-state index >= 15 is 0 Å². The first-order valence-corrected chi connectivity index (χ1v) is 18.9. The van der Waals surface area contributed by atoms with Crippen molar-refractivity contribution in [3.8, 4) is 0 Å². The topological polar surface area (TPSA) is 94.3 Å². The number of hydrogen-bond donors (Lipinski definition) is 0. The lowest BCUT2D eigenvalue weighted by Crippen LogP contribution is -2.30. The fourth-order valence-corrected chi connectivity index (χ4v) is 6.37. The molecule has 52 heavy (non-hydrogen) atoms. The van der Waals surface area contributed by atoms with Crippen LogP contribution in [-0.4, -0.2) is 33.2 Å². The van der Waals surface area contributed by atoms with Gasteiger partial charge in [0.25, 0.3) is 0 Å². The monoisotopic (exact) mass is 729 g/mol. The van der Waals surface area contributed by atoms with Crippen molar-refractivity contribution in [1.82, 2.24) is 5.16 Å². The highest BCUT2D eigenvalue weighted by Crippen LogP contribution is 2.50. The summed E-state index contributed by atoms with van der Waals surface area (Å²) in [6.07, 6.45) is 5.09. The number of rotatable bonds is 13. The second-order valence-corrected chi connectivity index (χ2v) is 18.9. The van der Waals surface area contributed by atoms with Crippen molar-refractivity contribution in [3.05, 3.63) is 88.3 Å². The van der Waals surface area contributed by atoms with Crippen LogP contribution in [0.1, 0.15) is 135 Å². The Bertz CT molecular complexity index is 1650. The molecule has 0 radical (unpaired) electrons. The van der Waals surface area contributed by atoms with E-state index in [0.717, 1.165) is 46.7 Å². The van der Waals surface area contributed by atoms with Crippen LogP contribution in [0, 0.1) is 42.4 Å². The van der Waals surface area contributed by atoms with Gasteiger partial charge in [-0.2, -0.15) is 0 Å². The zero-order chi connectivity index (χ0) is 39.5. The van der Waals surface area contributed by atoms with Gasteiger partial charge in [0.15, 0.2) is 5.78 Å². The van der Waals surface area contributed by atoms with Crippen LogP contribution in [0.25, 0.3) is 0 Å². The molecule has 0 amide bonds. The second kappa shape index (κ2) is 19.0. The Hall–Kier alpha value is -3.58. The average Bonchev–Trinajstić information content (AvgIpc) is 3.70. The van der Waals surface area contributed by atoms with E-state index < -0.39 is 5.41 Å². The highest BCUT2D eigenvalue weighted by molar-refractivity contribution is 7.80. The summed E-state index contributed by atoms with van der Waals surface area (Å²) in [6.45, 7) is 24.6. The van der Waals surface area contributed by atoms with Crippen molar-refractivity contribution < 1.29 is 23.7 Å². The van der Waals surface area contributed by atoms with Gasteiger partial charge in [0.05, 0.1) is 17.5 Å². The fourth-order valence-electron chi connectivity index (χ4n) is 5.78. The SMILES string of the molecule is Cc1cc(CC(=O)CC(C)(C)C)no1.Cc1ccc(CC(=O)C2(C(=O)CC(C)(C)C)CC2)cc1.Cc1ccc(CC(=O)CC(=S)CC(C)(C)C)cc1. The molecule has 0 spiro atoms. The van der Waals surface area contributed by atoms with E-state index in [2.05, 4.69) is 46.7 Å². The van der Waals surface area contributed by atoms with Crippen molar-refractivity contribution in [3.63, 3.8) is 0 Å².